The van der Waals surface area contributed by atoms with Crippen LogP contribution >= 0.6 is 11.3 Å². The summed E-state index contributed by atoms with van der Waals surface area (Å²) < 4.78 is 10.7. The lowest BCUT2D eigenvalue weighted by molar-refractivity contribution is -0.132. The molecule has 2 aliphatic rings. The minimum atomic E-state index is 0.130. The van der Waals surface area contributed by atoms with Crippen LogP contribution in [0.3, 0.4) is 0 Å². The van der Waals surface area contributed by atoms with Crippen LogP contribution in [0.4, 0.5) is 0 Å². The van der Waals surface area contributed by atoms with Gasteiger partial charge in [-0.15, -0.1) is 11.3 Å². The van der Waals surface area contributed by atoms with Crippen LogP contribution in [-0.4, -0.2) is 58.8 Å². The number of phenols is 1. The number of fused-ring (bicyclic) bond motifs is 1. The first-order valence-corrected chi connectivity index (χ1v) is 9.49. The van der Waals surface area contributed by atoms with Gasteiger partial charge in [-0.3, -0.25) is 9.69 Å². The molecule has 138 valence electrons. The van der Waals surface area contributed by atoms with Crippen molar-refractivity contribution in [3.8, 4) is 17.2 Å². The van der Waals surface area contributed by atoms with Crippen LogP contribution in [-0.2, 0) is 17.8 Å². The second-order valence-corrected chi connectivity index (χ2v) is 7.49. The highest BCUT2D eigenvalue weighted by molar-refractivity contribution is 7.09. The molecule has 0 bridgehead atoms. The number of hydrogen-bond donors (Lipinski definition) is 1. The van der Waals surface area contributed by atoms with Gasteiger partial charge in [0.05, 0.1) is 6.42 Å². The number of rotatable bonds is 4. The number of carbonyl (C=O) groups is 1. The van der Waals surface area contributed by atoms with Crippen molar-refractivity contribution in [3.63, 3.8) is 0 Å². The average Bonchev–Trinajstić information content (AvgIpc) is 3.24. The number of thiazole rings is 1. The van der Waals surface area contributed by atoms with Gasteiger partial charge >= 0.3 is 0 Å². The van der Waals surface area contributed by atoms with Crippen molar-refractivity contribution in [2.24, 2.45) is 0 Å². The second kappa shape index (κ2) is 7.13. The molecule has 1 aromatic heterocycles. The Balaban J connectivity index is 1.32. The first kappa shape index (κ1) is 17.1. The molecule has 8 heteroatoms. The van der Waals surface area contributed by atoms with Crippen LogP contribution in [0.15, 0.2) is 17.5 Å². The summed E-state index contributed by atoms with van der Waals surface area (Å²) in [6.45, 7) is 5.68. The molecular formula is C18H21N3O4S. The SMILES string of the molecule is Cc1csc(CC(=O)N2CCN(Cc3cc4c(cc3O)OCO4)CC2)n1. The minimum Gasteiger partial charge on any atom is -0.507 e. The van der Waals surface area contributed by atoms with Gasteiger partial charge in [-0.1, -0.05) is 0 Å². The van der Waals surface area contributed by atoms with E-state index in [0.29, 0.717) is 37.6 Å². The number of carbonyl (C=O) groups excluding carboxylic acids is 1. The molecule has 4 rings (SSSR count). The van der Waals surface area contributed by atoms with Crippen molar-refractivity contribution in [1.82, 2.24) is 14.8 Å². The average molecular weight is 375 g/mol. The Morgan fingerprint density at radius 3 is 2.65 bits per heavy atom. The van der Waals surface area contributed by atoms with E-state index in [1.807, 2.05) is 23.3 Å². The van der Waals surface area contributed by atoms with Crippen LogP contribution in [0, 0.1) is 6.92 Å². The number of aromatic hydroxyl groups is 1. The molecule has 0 unspecified atom stereocenters. The van der Waals surface area contributed by atoms with Crippen LogP contribution in [0.25, 0.3) is 0 Å². The molecule has 26 heavy (non-hydrogen) atoms. The Hall–Kier alpha value is -2.32. The van der Waals surface area contributed by atoms with Crippen LogP contribution in [0.2, 0.25) is 0 Å². The van der Waals surface area contributed by atoms with E-state index in [9.17, 15) is 9.90 Å². The number of nitrogens with zero attached hydrogens (tertiary/aromatic N) is 3. The van der Waals surface area contributed by atoms with Crippen LogP contribution in [0.1, 0.15) is 16.3 Å². The number of aryl methyl sites for hydroxylation is 1. The number of hydrogen-bond acceptors (Lipinski definition) is 7. The summed E-state index contributed by atoms with van der Waals surface area (Å²) in [4.78, 5) is 20.9. The van der Waals surface area contributed by atoms with Gasteiger partial charge in [-0.25, -0.2) is 4.98 Å². The van der Waals surface area contributed by atoms with E-state index in [0.717, 1.165) is 29.4 Å². The molecule has 0 spiro atoms. The van der Waals surface area contributed by atoms with Gasteiger partial charge in [0.1, 0.15) is 10.8 Å². The molecule has 7 nitrogen and oxygen atoms in total. The van der Waals surface area contributed by atoms with Crippen molar-refractivity contribution in [1.29, 1.82) is 0 Å². The molecule has 1 fully saturated rings. The highest BCUT2D eigenvalue weighted by Gasteiger charge is 2.24. The lowest BCUT2D eigenvalue weighted by Crippen LogP contribution is -2.48. The zero-order valence-electron chi connectivity index (χ0n) is 14.6. The predicted octanol–water partition coefficient (Wildman–Crippen LogP) is 1.77. The molecule has 2 aliphatic heterocycles. The second-order valence-electron chi connectivity index (χ2n) is 6.55. The zero-order valence-corrected chi connectivity index (χ0v) is 15.4. The lowest BCUT2D eigenvalue weighted by Gasteiger charge is -2.34. The maximum absolute atomic E-state index is 12.4. The van der Waals surface area contributed by atoms with Crippen LogP contribution < -0.4 is 9.47 Å². The quantitative estimate of drug-likeness (QED) is 0.878. The van der Waals surface area contributed by atoms with Gasteiger partial charge in [-0.05, 0) is 13.0 Å². The topological polar surface area (TPSA) is 75.1 Å². The Morgan fingerprint density at radius 1 is 1.23 bits per heavy atom. The molecule has 1 aromatic carbocycles. The largest absolute Gasteiger partial charge is 0.507 e. The van der Waals surface area contributed by atoms with Gasteiger partial charge in [0, 0.05) is 55.4 Å². The van der Waals surface area contributed by atoms with E-state index in [2.05, 4.69) is 9.88 Å². The molecular weight excluding hydrogens is 354 g/mol. The number of phenolic OH excluding ortho intramolecular Hbond substituents is 1. The lowest BCUT2D eigenvalue weighted by atomic mass is 10.1. The van der Waals surface area contributed by atoms with Crippen molar-refractivity contribution >= 4 is 17.2 Å². The first-order valence-electron chi connectivity index (χ1n) is 8.61. The molecule has 0 aliphatic carbocycles. The van der Waals surface area contributed by atoms with Gasteiger partial charge in [-0.2, -0.15) is 0 Å². The molecule has 0 atom stereocenters. The van der Waals surface area contributed by atoms with Crippen molar-refractivity contribution < 1.29 is 19.4 Å². The third-order valence-electron chi connectivity index (χ3n) is 4.66. The van der Waals surface area contributed by atoms with E-state index in [-0.39, 0.29) is 18.4 Å². The minimum absolute atomic E-state index is 0.130. The van der Waals surface area contributed by atoms with Gasteiger partial charge in [0.15, 0.2) is 11.5 Å². The smallest absolute Gasteiger partial charge is 0.231 e. The van der Waals surface area contributed by atoms with Gasteiger partial charge in [0.2, 0.25) is 12.7 Å². The zero-order chi connectivity index (χ0) is 18.1. The summed E-state index contributed by atoms with van der Waals surface area (Å²) in [6.07, 6.45) is 0.376. The molecule has 1 saturated heterocycles. The normalized spacial score (nSPS) is 16.9. The summed E-state index contributed by atoms with van der Waals surface area (Å²) in [7, 11) is 0. The molecule has 3 heterocycles. The maximum Gasteiger partial charge on any atom is 0.231 e. The molecule has 1 amide bonds. The first-order chi connectivity index (χ1) is 12.6. The highest BCUT2D eigenvalue weighted by Crippen LogP contribution is 2.38. The molecule has 0 saturated carbocycles. The third kappa shape index (κ3) is 3.61. The van der Waals surface area contributed by atoms with E-state index >= 15 is 0 Å². The fraction of sp³-hybridized carbons (Fsp3) is 0.444. The summed E-state index contributed by atoms with van der Waals surface area (Å²) in [6, 6.07) is 3.44. The van der Waals surface area contributed by atoms with Gasteiger partial charge < -0.3 is 19.5 Å². The van der Waals surface area contributed by atoms with E-state index in [1.165, 1.54) is 11.3 Å². The standard InChI is InChI=1S/C18H21N3O4S/c1-12-10-26-17(19-12)8-18(23)21-4-2-20(3-5-21)9-13-6-15-16(7-14(13)22)25-11-24-15/h6-7,10,22H,2-5,8-9,11H2,1H3. The van der Waals surface area contributed by atoms with E-state index in [4.69, 9.17) is 9.47 Å². The third-order valence-corrected chi connectivity index (χ3v) is 5.63. The van der Waals surface area contributed by atoms with Gasteiger partial charge in [0.25, 0.3) is 0 Å². The Labute approximate surface area is 155 Å². The number of aromatic nitrogens is 1. The number of piperazine rings is 1. The molecule has 2 aromatic rings. The summed E-state index contributed by atoms with van der Waals surface area (Å²) in [5.74, 6) is 1.60. The van der Waals surface area contributed by atoms with Crippen molar-refractivity contribution in [3.05, 3.63) is 33.8 Å². The van der Waals surface area contributed by atoms with Crippen molar-refractivity contribution in [2.45, 2.75) is 19.9 Å². The summed E-state index contributed by atoms with van der Waals surface area (Å²) in [5.41, 5.74) is 1.78. The van der Waals surface area contributed by atoms with E-state index in [1.54, 1.807) is 6.07 Å². The highest BCUT2D eigenvalue weighted by atomic mass is 32.1. The summed E-state index contributed by atoms with van der Waals surface area (Å²) in [5, 5.41) is 13.0. The number of ether oxygens (including phenoxy) is 2. The Morgan fingerprint density at radius 2 is 1.96 bits per heavy atom. The van der Waals surface area contributed by atoms with Crippen molar-refractivity contribution in [2.75, 3.05) is 33.0 Å². The van der Waals surface area contributed by atoms with E-state index < -0.39 is 0 Å². The predicted molar refractivity (Wildman–Crippen MR) is 96.6 cm³/mol. The molecule has 1 N–H and O–H groups in total. The fourth-order valence-corrected chi connectivity index (χ4v) is 3.98. The van der Waals surface area contributed by atoms with Crippen LogP contribution in [0.5, 0.6) is 17.2 Å². The molecule has 0 radical (unpaired) electrons. The Bertz CT molecular complexity index is 815. The monoisotopic (exact) mass is 375 g/mol. The Kier molecular flexibility index (Phi) is 4.69. The number of amides is 1. The maximum atomic E-state index is 12.4. The fourth-order valence-electron chi connectivity index (χ4n) is 3.22. The summed E-state index contributed by atoms with van der Waals surface area (Å²) >= 11 is 1.54. The number of benzene rings is 1.